The number of amides is 1. The molecule has 8 nitrogen and oxygen atoms in total. The van der Waals surface area contributed by atoms with Gasteiger partial charge in [-0.2, -0.15) is 0 Å². The number of nitrogens with zero attached hydrogens (tertiary/aromatic N) is 1. The van der Waals surface area contributed by atoms with E-state index in [2.05, 4.69) is 5.32 Å². The molecule has 0 aliphatic rings. The second kappa shape index (κ2) is 10.8. The maximum absolute atomic E-state index is 12.4. The van der Waals surface area contributed by atoms with Gasteiger partial charge < -0.3 is 14.8 Å². The molecule has 8 heteroatoms. The molecule has 1 amide bonds. The van der Waals surface area contributed by atoms with E-state index in [-0.39, 0.29) is 18.2 Å². The number of anilines is 1. The number of nitrogens with one attached hydrogen (secondary N) is 1. The lowest BCUT2D eigenvalue weighted by Gasteiger charge is -2.09. The SMILES string of the molecule is O=C(Nc1ccc(C(=O)OCc2cccc(Oc3ccc([N+](=O)[O-])cc3)c2)cc1)c1ccccc1. The lowest BCUT2D eigenvalue weighted by Crippen LogP contribution is -2.12. The Morgan fingerprint density at radius 1 is 0.771 bits per heavy atom. The first-order chi connectivity index (χ1) is 17.0. The molecule has 0 aromatic heterocycles. The lowest BCUT2D eigenvalue weighted by atomic mass is 10.2. The van der Waals surface area contributed by atoms with Crippen molar-refractivity contribution in [1.82, 2.24) is 0 Å². The Hall–Kier alpha value is -4.98. The van der Waals surface area contributed by atoms with Crippen molar-refractivity contribution in [3.63, 3.8) is 0 Å². The number of carbonyl (C=O) groups excluding carboxylic acids is 2. The number of ether oxygens (including phenoxy) is 2. The Morgan fingerprint density at radius 2 is 1.49 bits per heavy atom. The molecule has 0 heterocycles. The van der Waals surface area contributed by atoms with Crippen LogP contribution in [0, 0.1) is 10.1 Å². The van der Waals surface area contributed by atoms with Crippen LogP contribution in [0.1, 0.15) is 26.3 Å². The molecule has 0 saturated heterocycles. The van der Waals surface area contributed by atoms with Gasteiger partial charge in [0.2, 0.25) is 0 Å². The van der Waals surface area contributed by atoms with Crippen molar-refractivity contribution in [2.24, 2.45) is 0 Å². The largest absolute Gasteiger partial charge is 0.457 e. The highest BCUT2D eigenvalue weighted by atomic mass is 16.6. The molecule has 0 radical (unpaired) electrons. The first-order valence-corrected chi connectivity index (χ1v) is 10.6. The van der Waals surface area contributed by atoms with Crippen LogP contribution in [0.2, 0.25) is 0 Å². The van der Waals surface area contributed by atoms with Crippen molar-refractivity contribution in [2.75, 3.05) is 5.32 Å². The average molecular weight is 468 g/mol. The maximum atomic E-state index is 12.4. The molecular formula is C27H20N2O6. The van der Waals surface area contributed by atoms with Crippen molar-refractivity contribution in [3.05, 3.63) is 130 Å². The zero-order valence-corrected chi connectivity index (χ0v) is 18.4. The van der Waals surface area contributed by atoms with Crippen LogP contribution in [0.3, 0.4) is 0 Å². The Balaban J connectivity index is 1.32. The Morgan fingerprint density at radius 3 is 2.17 bits per heavy atom. The fourth-order valence-corrected chi connectivity index (χ4v) is 3.19. The van der Waals surface area contributed by atoms with Crippen LogP contribution in [0.25, 0.3) is 0 Å². The van der Waals surface area contributed by atoms with Crippen LogP contribution in [0.5, 0.6) is 11.5 Å². The van der Waals surface area contributed by atoms with Gasteiger partial charge in [0.25, 0.3) is 11.6 Å². The standard InChI is InChI=1S/C27H20N2O6/c30-26(20-6-2-1-3-7-20)28-22-11-9-21(10-12-22)27(31)34-18-19-5-4-8-25(17-19)35-24-15-13-23(14-16-24)29(32)33/h1-17H,18H2,(H,28,30). The summed E-state index contributed by atoms with van der Waals surface area (Å²) in [6.07, 6.45) is 0. The van der Waals surface area contributed by atoms with Gasteiger partial charge >= 0.3 is 5.97 Å². The highest BCUT2D eigenvalue weighted by molar-refractivity contribution is 6.04. The smallest absolute Gasteiger partial charge is 0.338 e. The normalized spacial score (nSPS) is 10.3. The van der Waals surface area contributed by atoms with Crippen molar-refractivity contribution < 1.29 is 24.0 Å². The molecule has 0 unspecified atom stereocenters. The van der Waals surface area contributed by atoms with Crippen molar-refractivity contribution in [2.45, 2.75) is 6.61 Å². The molecule has 0 bridgehead atoms. The van der Waals surface area contributed by atoms with Gasteiger partial charge in [0.1, 0.15) is 18.1 Å². The zero-order chi connectivity index (χ0) is 24.6. The highest BCUT2D eigenvalue weighted by Gasteiger charge is 2.10. The Kier molecular flexibility index (Phi) is 7.13. The minimum Gasteiger partial charge on any atom is -0.457 e. The third kappa shape index (κ3) is 6.29. The Labute approximate surface area is 200 Å². The second-order valence-electron chi connectivity index (χ2n) is 7.47. The highest BCUT2D eigenvalue weighted by Crippen LogP contribution is 2.25. The number of esters is 1. The van der Waals surface area contributed by atoms with E-state index in [9.17, 15) is 19.7 Å². The number of nitro benzene ring substituents is 1. The van der Waals surface area contributed by atoms with Crippen molar-refractivity contribution in [1.29, 1.82) is 0 Å². The molecule has 35 heavy (non-hydrogen) atoms. The summed E-state index contributed by atoms with van der Waals surface area (Å²) in [6.45, 7) is 0.0305. The minimum atomic E-state index is -0.507. The molecule has 174 valence electrons. The molecule has 0 saturated carbocycles. The first kappa shape index (κ1) is 23.2. The van der Waals surface area contributed by atoms with Gasteiger partial charge in [-0.1, -0.05) is 30.3 Å². The topological polar surface area (TPSA) is 108 Å². The molecule has 0 spiro atoms. The molecule has 0 aliphatic carbocycles. The van der Waals surface area contributed by atoms with Gasteiger partial charge in [0.15, 0.2) is 0 Å². The third-order valence-electron chi connectivity index (χ3n) is 4.97. The fraction of sp³-hybridized carbons (Fsp3) is 0.0370. The van der Waals surface area contributed by atoms with E-state index < -0.39 is 10.9 Å². The van der Waals surface area contributed by atoms with E-state index >= 15 is 0 Å². The number of rotatable bonds is 8. The van der Waals surface area contributed by atoms with Crippen LogP contribution in [-0.4, -0.2) is 16.8 Å². The van der Waals surface area contributed by atoms with Crippen LogP contribution in [0.15, 0.2) is 103 Å². The summed E-state index contributed by atoms with van der Waals surface area (Å²) in [5, 5.41) is 13.5. The number of non-ortho nitro benzene ring substituents is 1. The molecule has 0 aliphatic heterocycles. The number of benzene rings is 4. The fourth-order valence-electron chi connectivity index (χ4n) is 3.19. The van der Waals surface area contributed by atoms with E-state index in [0.717, 1.165) is 0 Å². The number of nitro groups is 1. The summed E-state index contributed by atoms with van der Waals surface area (Å²) < 4.78 is 11.1. The van der Waals surface area contributed by atoms with Crippen molar-refractivity contribution in [3.8, 4) is 11.5 Å². The molecule has 0 atom stereocenters. The van der Waals surface area contributed by atoms with E-state index in [1.807, 2.05) is 6.07 Å². The summed E-state index contributed by atoms with van der Waals surface area (Å²) in [5.41, 5.74) is 2.14. The predicted octanol–water partition coefficient (Wildman–Crippen LogP) is 6.00. The monoisotopic (exact) mass is 468 g/mol. The van der Waals surface area contributed by atoms with Crippen LogP contribution in [-0.2, 0) is 11.3 Å². The summed E-state index contributed by atoms with van der Waals surface area (Å²) in [7, 11) is 0. The van der Waals surface area contributed by atoms with Gasteiger partial charge in [-0.3, -0.25) is 14.9 Å². The van der Waals surface area contributed by atoms with E-state index in [1.54, 1.807) is 72.8 Å². The van der Waals surface area contributed by atoms with Gasteiger partial charge in [-0.05, 0) is 66.2 Å². The molecule has 1 N–H and O–H groups in total. The summed E-state index contributed by atoms with van der Waals surface area (Å²) in [5.74, 6) is 0.208. The minimum absolute atomic E-state index is 0.0235. The lowest BCUT2D eigenvalue weighted by molar-refractivity contribution is -0.384. The third-order valence-corrected chi connectivity index (χ3v) is 4.97. The van der Waals surface area contributed by atoms with Crippen LogP contribution >= 0.6 is 0 Å². The molecule has 0 fully saturated rings. The molecule has 4 aromatic carbocycles. The van der Waals surface area contributed by atoms with E-state index in [1.165, 1.54) is 24.3 Å². The first-order valence-electron chi connectivity index (χ1n) is 10.6. The van der Waals surface area contributed by atoms with E-state index in [0.29, 0.717) is 33.9 Å². The van der Waals surface area contributed by atoms with E-state index in [4.69, 9.17) is 9.47 Å². The van der Waals surface area contributed by atoms with Crippen LogP contribution < -0.4 is 10.1 Å². The Bertz CT molecular complexity index is 1340. The zero-order valence-electron chi connectivity index (χ0n) is 18.4. The number of hydrogen-bond donors (Lipinski definition) is 1. The van der Waals surface area contributed by atoms with Gasteiger partial charge in [0.05, 0.1) is 10.5 Å². The number of carbonyl (C=O) groups is 2. The molecular weight excluding hydrogens is 448 g/mol. The summed E-state index contributed by atoms with van der Waals surface area (Å²) in [4.78, 5) is 35.0. The predicted molar refractivity (Wildman–Crippen MR) is 130 cm³/mol. The molecule has 4 rings (SSSR count). The number of hydrogen-bond acceptors (Lipinski definition) is 6. The average Bonchev–Trinajstić information content (AvgIpc) is 2.89. The van der Waals surface area contributed by atoms with Gasteiger partial charge in [-0.25, -0.2) is 4.79 Å². The summed E-state index contributed by atoms with van der Waals surface area (Å²) >= 11 is 0. The molecule has 4 aromatic rings. The van der Waals surface area contributed by atoms with Gasteiger partial charge in [0, 0.05) is 23.4 Å². The van der Waals surface area contributed by atoms with Crippen molar-refractivity contribution >= 4 is 23.3 Å². The van der Waals surface area contributed by atoms with Crippen LogP contribution in [0.4, 0.5) is 11.4 Å². The quantitative estimate of drug-likeness (QED) is 0.193. The van der Waals surface area contributed by atoms with Gasteiger partial charge in [-0.15, -0.1) is 0 Å². The maximum Gasteiger partial charge on any atom is 0.338 e. The summed E-state index contributed by atoms with van der Waals surface area (Å²) in [6, 6.07) is 28.0. The second-order valence-corrected chi connectivity index (χ2v) is 7.47.